The number of oxime groups is 1. The maximum Gasteiger partial charge on any atom is 0.187 e. The van der Waals surface area contributed by atoms with Crippen LogP contribution in [-0.2, 0) is 13.5 Å². The number of aromatic nitrogens is 1. The van der Waals surface area contributed by atoms with Gasteiger partial charge < -0.3 is 20.6 Å². The Balaban J connectivity index is 2.97. The van der Waals surface area contributed by atoms with Gasteiger partial charge in [-0.15, -0.1) is 0 Å². The summed E-state index contributed by atoms with van der Waals surface area (Å²) in [6.45, 7) is 10.5. The van der Waals surface area contributed by atoms with Crippen molar-refractivity contribution in [3.63, 3.8) is 0 Å². The number of phenolic OH excluding ortho intramolecular Hbond substituents is 1. The molecule has 2 aromatic rings. The third-order valence-corrected chi connectivity index (χ3v) is 4.75. The van der Waals surface area contributed by atoms with Gasteiger partial charge in [-0.25, -0.2) is 0 Å². The summed E-state index contributed by atoms with van der Waals surface area (Å²) in [6, 6.07) is 7.19. The summed E-state index contributed by atoms with van der Waals surface area (Å²) in [5.74, 6) is 0.768. The molecule has 0 saturated carbocycles. The summed E-state index contributed by atoms with van der Waals surface area (Å²) in [7, 11) is 1.96. The second-order valence-corrected chi connectivity index (χ2v) is 7.36. The molecule has 0 aliphatic carbocycles. The van der Waals surface area contributed by atoms with E-state index in [1.54, 1.807) is 12.1 Å². The van der Waals surface area contributed by atoms with Crippen molar-refractivity contribution < 1.29 is 10.3 Å². The summed E-state index contributed by atoms with van der Waals surface area (Å²) < 4.78 is 2.03. The molecule has 2 rings (SSSR count). The van der Waals surface area contributed by atoms with Gasteiger partial charge in [0.2, 0.25) is 0 Å². The molecule has 5 heteroatoms. The Morgan fingerprint density at radius 1 is 1.15 bits per heavy atom. The van der Waals surface area contributed by atoms with Crippen LogP contribution in [0.5, 0.6) is 5.75 Å². The molecular formula is C21H29N3O2. The van der Waals surface area contributed by atoms with E-state index < -0.39 is 0 Å². The fourth-order valence-electron chi connectivity index (χ4n) is 3.26. The topological polar surface area (TPSA) is 83.8 Å². The molecule has 0 unspecified atom stereocenters. The van der Waals surface area contributed by atoms with Crippen LogP contribution in [0.25, 0.3) is 16.7 Å². The highest BCUT2D eigenvalue weighted by molar-refractivity contribution is 6.04. The molecule has 1 aromatic heterocycles. The zero-order valence-electron chi connectivity index (χ0n) is 16.5. The van der Waals surface area contributed by atoms with E-state index in [0.717, 1.165) is 34.4 Å². The second kappa shape index (κ2) is 7.68. The van der Waals surface area contributed by atoms with Gasteiger partial charge in [-0.1, -0.05) is 36.7 Å². The van der Waals surface area contributed by atoms with Crippen molar-refractivity contribution in [2.45, 2.75) is 41.0 Å². The highest BCUT2D eigenvalue weighted by atomic mass is 16.4. The van der Waals surface area contributed by atoms with Crippen LogP contribution < -0.4 is 5.73 Å². The first kappa shape index (κ1) is 19.6. The molecule has 0 fully saturated rings. The summed E-state index contributed by atoms with van der Waals surface area (Å²) in [5.41, 5.74) is 13.2. The summed E-state index contributed by atoms with van der Waals surface area (Å²) >= 11 is 0. The Labute approximate surface area is 155 Å². The molecule has 0 atom stereocenters. The molecule has 140 valence electrons. The van der Waals surface area contributed by atoms with Gasteiger partial charge in [-0.3, -0.25) is 0 Å². The van der Waals surface area contributed by atoms with Crippen LogP contribution >= 0.6 is 0 Å². The van der Waals surface area contributed by atoms with E-state index >= 15 is 0 Å². The first-order valence-corrected chi connectivity index (χ1v) is 8.82. The van der Waals surface area contributed by atoms with Gasteiger partial charge in [-0.05, 0) is 56.4 Å². The van der Waals surface area contributed by atoms with Crippen molar-refractivity contribution in [3.05, 3.63) is 46.8 Å². The molecule has 1 aromatic carbocycles. The smallest absolute Gasteiger partial charge is 0.187 e. The average Bonchev–Trinajstić information content (AvgIpc) is 2.86. The number of allylic oxidation sites excluding steroid dienone is 2. The summed E-state index contributed by atoms with van der Waals surface area (Å²) in [6.07, 6.45) is 0.856. The third kappa shape index (κ3) is 3.62. The lowest BCUT2D eigenvalue weighted by Crippen LogP contribution is -2.19. The molecule has 0 bridgehead atoms. The van der Waals surface area contributed by atoms with Crippen LogP contribution in [0.4, 0.5) is 0 Å². The molecule has 0 aliphatic heterocycles. The zero-order chi connectivity index (χ0) is 19.6. The van der Waals surface area contributed by atoms with Gasteiger partial charge in [0.15, 0.2) is 5.84 Å². The molecule has 0 saturated heterocycles. The number of phenols is 1. The maximum absolute atomic E-state index is 9.68. The molecule has 0 radical (unpaired) electrons. The Morgan fingerprint density at radius 2 is 1.73 bits per heavy atom. The molecule has 1 heterocycles. The van der Waals surface area contributed by atoms with E-state index in [-0.39, 0.29) is 11.6 Å². The van der Waals surface area contributed by atoms with Gasteiger partial charge >= 0.3 is 0 Å². The van der Waals surface area contributed by atoms with Gasteiger partial charge in [0.25, 0.3) is 0 Å². The van der Waals surface area contributed by atoms with E-state index in [1.165, 1.54) is 5.57 Å². The van der Waals surface area contributed by atoms with Crippen molar-refractivity contribution in [1.82, 2.24) is 4.57 Å². The predicted molar refractivity (Wildman–Crippen MR) is 108 cm³/mol. The largest absolute Gasteiger partial charge is 0.508 e. The van der Waals surface area contributed by atoms with Crippen LogP contribution in [0.1, 0.15) is 51.6 Å². The van der Waals surface area contributed by atoms with Crippen molar-refractivity contribution in [3.8, 4) is 16.9 Å². The van der Waals surface area contributed by atoms with Crippen LogP contribution in [-0.4, -0.2) is 20.7 Å². The molecular weight excluding hydrogens is 326 g/mol. The third-order valence-electron chi connectivity index (χ3n) is 4.75. The zero-order valence-corrected chi connectivity index (χ0v) is 16.5. The minimum Gasteiger partial charge on any atom is -0.508 e. The van der Waals surface area contributed by atoms with E-state index in [1.807, 2.05) is 23.7 Å². The van der Waals surface area contributed by atoms with E-state index in [4.69, 9.17) is 5.73 Å². The normalized spacial score (nSPS) is 11.9. The number of nitrogens with two attached hydrogens (primary N) is 1. The second-order valence-electron chi connectivity index (χ2n) is 7.36. The van der Waals surface area contributed by atoms with Crippen LogP contribution in [0, 0.1) is 5.92 Å². The Bertz CT molecular complexity index is 852. The molecule has 26 heavy (non-hydrogen) atoms. The summed E-state index contributed by atoms with van der Waals surface area (Å²) in [4.78, 5) is 0. The first-order chi connectivity index (χ1) is 12.2. The lowest BCUT2D eigenvalue weighted by Gasteiger charge is -2.12. The number of amidine groups is 1. The number of nitrogens with zero attached hydrogens (tertiary/aromatic N) is 2. The molecule has 5 nitrogen and oxygen atoms in total. The number of hydrogen-bond donors (Lipinski definition) is 3. The van der Waals surface area contributed by atoms with Gasteiger partial charge in [-0.2, -0.15) is 0 Å². The monoisotopic (exact) mass is 355 g/mol. The Morgan fingerprint density at radius 3 is 2.19 bits per heavy atom. The molecule has 0 amide bonds. The van der Waals surface area contributed by atoms with Crippen molar-refractivity contribution in [2.24, 2.45) is 23.9 Å². The van der Waals surface area contributed by atoms with Gasteiger partial charge in [0.05, 0.1) is 5.69 Å². The molecule has 0 spiro atoms. The van der Waals surface area contributed by atoms with E-state index in [0.29, 0.717) is 11.6 Å². The maximum atomic E-state index is 9.68. The van der Waals surface area contributed by atoms with Crippen molar-refractivity contribution >= 4 is 11.4 Å². The lowest BCUT2D eigenvalue weighted by atomic mass is 9.91. The standard InChI is InChI=1S/C21H29N3O2/c1-12(2)11-17-19(15-7-9-16(25)10-8-15)18(14(5)13(3)4)20(24(17)6)21(22)23-26/h7-10,12,25-26H,11H2,1-6H3,(H2,22,23). The number of rotatable bonds is 5. The molecule has 4 N–H and O–H groups in total. The van der Waals surface area contributed by atoms with Crippen LogP contribution in [0.15, 0.2) is 35.0 Å². The SMILES string of the molecule is CC(C)=C(C)c1c(-c2ccc(O)cc2)c(CC(C)C)n(C)c1/C(N)=N/O. The van der Waals surface area contributed by atoms with Gasteiger partial charge in [0.1, 0.15) is 5.75 Å². The minimum absolute atomic E-state index is 0.0955. The predicted octanol–water partition coefficient (Wildman–Crippen LogP) is 4.50. The summed E-state index contributed by atoms with van der Waals surface area (Å²) in [5, 5.41) is 22.3. The number of benzene rings is 1. The minimum atomic E-state index is 0.0955. The lowest BCUT2D eigenvalue weighted by molar-refractivity contribution is 0.318. The van der Waals surface area contributed by atoms with Crippen LogP contribution in [0.2, 0.25) is 0 Å². The fraction of sp³-hybridized carbons (Fsp3) is 0.381. The van der Waals surface area contributed by atoms with E-state index in [9.17, 15) is 10.3 Å². The number of hydrogen-bond acceptors (Lipinski definition) is 3. The number of aromatic hydroxyl groups is 1. The Hall–Kier alpha value is -2.69. The highest BCUT2D eigenvalue weighted by Crippen LogP contribution is 2.39. The van der Waals surface area contributed by atoms with Crippen molar-refractivity contribution in [1.29, 1.82) is 0 Å². The highest BCUT2D eigenvalue weighted by Gasteiger charge is 2.26. The van der Waals surface area contributed by atoms with Crippen LogP contribution in [0.3, 0.4) is 0 Å². The average molecular weight is 355 g/mol. The Kier molecular flexibility index (Phi) is 5.80. The molecule has 0 aliphatic rings. The van der Waals surface area contributed by atoms with Crippen molar-refractivity contribution in [2.75, 3.05) is 0 Å². The first-order valence-electron chi connectivity index (χ1n) is 8.82. The quantitative estimate of drug-likeness (QED) is 0.319. The van der Waals surface area contributed by atoms with E-state index in [2.05, 4.69) is 39.8 Å². The van der Waals surface area contributed by atoms with Gasteiger partial charge in [0, 0.05) is 23.9 Å². The fourth-order valence-corrected chi connectivity index (χ4v) is 3.26.